The Bertz CT molecular complexity index is 1280. The van der Waals surface area contributed by atoms with Crippen molar-refractivity contribution in [2.45, 2.75) is 6.92 Å². The van der Waals surface area contributed by atoms with Crippen molar-refractivity contribution in [1.29, 1.82) is 0 Å². The number of aromatic nitrogens is 2. The summed E-state index contributed by atoms with van der Waals surface area (Å²) in [4.78, 5) is 17.4. The normalized spacial score (nSPS) is 10.9. The highest BCUT2D eigenvalue weighted by Gasteiger charge is 2.18. The number of anilines is 1. The molecule has 0 radical (unpaired) electrons. The monoisotopic (exact) mass is 437 g/mol. The van der Waals surface area contributed by atoms with E-state index in [-0.39, 0.29) is 5.91 Å². The molecule has 0 aliphatic rings. The van der Waals surface area contributed by atoms with Gasteiger partial charge in [0.15, 0.2) is 16.6 Å². The highest BCUT2D eigenvalue weighted by molar-refractivity contribution is 7.14. The predicted octanol–water partition coefficient (Wildman–Crippen LogP) is 4.89. The molecule has 0 aliphatic carbocycles. The van der Waals surface area contributed by atoms with Gasteiger partial charge in [0.25, 0.3) is 5.91 Å². The maximum atomic E-state index is 12.7. The fourth-order valence-corrected chi connectivity index (χ4v) is 4.29. The van der Waals surface area contributed by atoms with Crippen LogP contribution in [0.4, 0.5) is 5.13 Å². The lowest BCUT2D eigenvalue weighted by Gasteiger charge is -2.09. The topological polar surface area (TPSA) is 74.6 Å². The fourth-order valence-electron chi connectivity index (χ4n) is 3.59. The Morgan fingerprint density at radius 1 is 1.03 bits per heavy atom. The van der Waals surface area contributed by atoms with Crippen LogP contribution in [0.25, 0.3) is 22.2 Å². The first-order valence-electron chi connectivity index (χ1n) is 9.59. The maximum Gasteiger partial charge on any atom is 0.257 e. The predicted molar refractivity (Wildman–Crippen MR) is 123 cm³/mol. The number of carbonyl (C=O) groups is 1. The largest absolute Gasteiger partial charge is 0.497 e. The molecule has 0 atom stereocenters. The Balaban J connectivity index is 1.65. The molecule has 4 aromatic rings. The number of hydrogen-bond acceptors (Lipinski definition) is 6. The van der Waals surface area contributed by atoms with Gasteiger partial charge in [0, 0.05) is 40.2 Å². The van der Waals surface area contributed by atoms with Crippen LogP contribution in [0.1, 0.15) is 16.1 Å². The first kappa shape index (κ1) is 20.7. The molecule has 2 heterocycles. The van der Waals surface area contributed by atoms with Crippen molar-refractivity contribution >= 4 is 33.3 Å². The van der Waals surface area contributed by atoms with Crippen LogP contribution in [0.5, 0.6) is 17.2 Å². The average Bonchev–Trinajstić information content (AvgIpc) is 3.34. The fraction of sp³-hybridized carbons (Fsp3) is 0.217. The van der Waals surface area contributed by atoms with E-state index in [1.165, 1.54) is 18.4 Å². The number of amides is 1. The van der Waals surface area contributed by atoms with Crippen molar-refractivity contribution in [3.63, 3.8) is 0 Å². The van der Waals surface area contributed by atoms with Crippen LogP contribution in [0.2, 0.25) is 0 Å². The van der Waals surface area contributed by atoms with Gasteiger partial charge in [-0.05, 0) is 43.3 Å². The minimum atomic E-state index is -0.266. The van der Waals surface area contributed by atoms with Crippen molar-refractivity contribution in [2.75, 3.05) is 26.6 Å². The average molecular weight is 438 g/mol. The summed E-state index contributed by atoms with van der Waals surface area (Å²) in [5, 5.41) is 6.40. The van der Waals surface area contributed by atoms with Gasteiger partial charge in [-0.3, -0.25) is 10.1 Å². The van der Waals surface area contributed by atoms with Crippen molar-refractivity contribution < 1.29 is 19.0 Å². The zero-order valence-electron chi connectivity index (χ0n) is 18.0. The van der Waals surface area contributed by atoms with Crippen LogP contribution in [0.3, 0.4) is 0 Å². The lowest BCUT2D eigenvalue weighted by atomic mass is 10.1. The zero-order valence-corrected chi connectivity index (χ0v) is 18.8. The molecule has 4 rings (SSSR count). The van der Waals surface area contributed by atoms with E-state index in [0.29, 0.717) is 22.2 Å². The standard InChI is InChI=1S/C23H23N3O4S/c1-13-21(16-11-15(28-3)7-8-18(16)26(13)2)17-12-31-23(24-17)25-22(27)14-6-9-19(29-4)20(10-14)30-5/h6-12H,1-5H3,(H,24,25,27). The van der Waals surface area contributed by atoms with Gasteiger partial charge in [0.1, 0.15) is 5.75 Å². The summed E-state index contributed by atoms with van der Waals surface area (Å²) < 4.78 is 18.0. The van der Waals surface area contributed by atoms with Crippen LogP contribution in [0.15, 0.2) is 41.8 Å². The van der Waals surface area contributed by atoms with Gasteiger partial charge >= 0.3 is 0 Å². The summed E-state index contributed by atoms with van der Waals surface area (Å²) in [5.74, 6) is 1.59. The lowest BCUT2D eigenvalue weighted by molar-refractivity contribution is 0.102. The molecule has 0 saturated carbocycles. The number of aryl methyl sites for hydroxylation is 1. The molecule has 2 aromatic carbocycles. The molecule has 7 nitrogen and oxygen atoms in total. The highest BCUT2D eigenvalue weighted by atomic mass is 32.1. The van der Waals surface area contributed by atoms with E-state index in [1.54, 1.807) is 32.4 Å². The second-order valence-electron chi connectivity index (χ2n) is 6.96. The lowest BCUT2D eigenvalue weighted by Crippen LogP contribution is -2.12. The quantitative estimate of drug-likeness (QED) is 0.465. The molecule has 1 N–H and O–H groups in total. The summed E-state index contributed by atoms with van der Waals surface area (Å²) >= 11 is 1.38. The maximum absolute atomic E-state index is 12.7. The van der Waals surface area contributed by atoms with E-state index in [0.717, 1.165) is 33.6 Å². The summed E-state index contributed by atoms with van der Waals surface area (Å²) in [6.07, 6.45) is 0. The van der Waals surface area contributed by atoms with E-state index >= 15 is 0 Å². The Morgan fingerprint density at radius 3 is 2.52 bits per heavy atom. The summed E-state index contributed by atoms with van der Waals surface area (Å²) in [6, 6.07) is 11.0. The number of hydrogen-bond donors (Lipinski definition) is 1. The minimum Gasteiger partial charge on any atom is -0.497 e. The molecule has 8 heteroatoms. The van der Waals surface area contributed by atoms with E-state index < -0.39 is 0 Å². The zero-order chi connectivity index (χ0) is 22.1. The van der Waals surface area contributed by atoms with Crippen LogP contribution in [-0.4, -0.2) is 36.8 Å². The van der Waals surface area contributed by atoms with Crippen molar-refractivity contribution in [1.82, 2.24) is 9.55 Å². The van der Waals surface area contributed by atoms with Gasteiger partial charge in [-0.1, -0.05) is 0 Å². The Labute approximate surface area is 184 Å². The third-order valence-electron chi connectivity index (χ3n) is 5.33. The minimum absolute atomic E-state index is 0.266. The SMILES string of the molecule is COc1ccc2c(c1)c(-c1csc(NC(=O)c3ccc(OC)c(OC)c3)n1)c(C)n2C. The molecule has 0 unspecified atom stereocenters. The van der Waals surface area contributed by atoms with Crippen molar-refractivity contribution in [3.8, 4) is 28.5 Å². The highest BCUT2D eigenvalue weighted by Crippen LogP contribution is 2.37. The molecule has 0 aliphatic heterocycles. The Hall–Kier alpha value is -3.52. The number of nitrogens with one attached hydrogen (secondary N) is 1. The van der Waals surface area contributed by atoms with Gasteiger partial charge in [0.05, 0.1) is 27.0 Å². The molecular formula is C23H23N3O4S. The third kappa shape index (κ3) is 3.70. The van der Waals surface area contributed by atoms with Crippen LogP contribution >= 0.6 is 11.3 Å². The van der Waals surface area contributed by atoms with Crippen LogP contribution < -0.4 is 19.5 Å². The second-order valence-corrected chi connectivity index (χ2v) is 7.82. The Morgan fingerprint density at radius 2 is 1.81 bits per heavy atom. The molecule has 0 fully saturated rings. The first-order chi connectivity index (χ1) is 15.0. The summed E-state index contributed by atoms with van der Waals surface area (Å²) in [6.45, 7) is 2.06. The molecular weight excluding hydrogens is 414 g/mol. The van der Waals surface area contributed by atoms with E-state index in [9.17, 15) is 4.79 Å². The number of rotatable bonds is 6. The van der Waals surface area contributed by atoms with Crippen molar-refractivity contribution in [2.24, 2.45) is 7.05 Å². The number of fused-ring (bicyclic) bond motifs is 1. The Kier molecular flexibility index (Phi) is 5.56. The molecule has 2 aromatic heterocycles. The molecule has 0 saturated heterocycles. The van der Waals surface area contributed by atoms with Crippen LogP contribution in [0, 0.1) is 6.92 Å². The number of thiazole rings is 1. The van der Waals surface area contributed by atoms with E-state index in [2.05, 4.69) is 21.8 Å². The smallest absolute Gasteiger partial charge is 0.257 e. The van der Waals surface area contributed by atoms with E-state index in [1.807, 2.05) is 30.6 Å². The van der Waals surface area contributed by atoms with Gasteiger partial charge in [-0.25, -0.2) is 4.98 Å². The van der Waals surface area contributed by atoms with E-state index in [4.69, 9.17) is 14.2 Å². The van der Waals surface area contributed by atoms with Crippen LogP contribution in [-0.2, 0) is 7.05 Å². The second kappa shape index (κ2) is 8.31. The molecule has 0 bridgehead atoms. The first-order valence-corrected chi connectivity index (χ1v) is 10.5. The van der Waals surface area contributed by atoms with Gasteiger partial charge in [-0.2, -0.15) is 0 Å². The van der Waals surface area contributed by atoms with Gasteiger partial charge in [-0.15, -0.1) is 11.3 Å². The number of carbonyl (C=O) groups excluding carboxylic acids is 1. The molecule has 1 amide bonds. The van der Waals surface area contributed by atoms with Crippen molar-refractivity contribution in [3.05, 3.63) is 53.0 Å². The number of ether oxygens (including phenoxy) is 3. The molecule has 160 valence electrons. The number of benzene rings is 2. The van der Waals surface area contributed by atoms with Gasteiger partial charge < -0.3 is 18.8 Å². The third-order valence-corrected chi connectivity index (χ3v) is 6.08. The number of methoxy groups -OCH3 is 3. The molecule has 0 spiro atoms. The summed E-state index contributed by atoms with van der Waals surface area (Å²) in [5.41, 5.74) is 4.48. The van der Waals surface area contributed by atoms with Gasteiger partial charge in [0.2, 0.25) is 0 Å². The summed E-state index contributed by atoms with van der Waals surface area (Å²) in [7, 11) is 6.77. The molecule has 31 heavy (non-hydrogen) atoms. The number of nitrogens with zero attached hydrogens (tertiary/aromatic N) is 2.